The third-order valence-corrected chi connectivity index (χ3v) is 4.35. The molecule has 3 nitrogen and oxygen atoms in total. The molecule has 2 rings (SSSR count). The summed E-state index contributed by atoms with van der Waals surface area (Å²) in [5.74, 6) is -0.0146. The van der Waals surface area contributed by atoms with Gasteiger partial charge in [-0.15, -0.1) is 11.3 Å². The second-order valence-corrected chi connectivity index (χ2v) is 5.31. The van der Waals surface area contributed by atoms with Crippen LogP contribution in [0, 0.1) is 0 Å². The minimum Gasteiger partial charge on any atom is -0.376 e. The number of nitrogens with one attached hydrogen (secondary N) is 1. The van der Waals surface area contributed by atoms with E-state index < -0.39 is 0 Å². The van der Waals surface area contributed by atoms with Crippen molar-refractivity contribution in [2.45, 2.75) is 25.5 Å². The van der Waals surface area contributed by atoms with Gasteiger partial charge in [0.1, 0.15) is 4.88 Å². The number of hydrogen-bond donors (Lipinski definition) is 1. The first-order valence-corrected chi connectivity index (χ1v) is 6.51. The van der Waals surface area contributed by atoms with Crippen LogP contribution in [0.3, 0.4) is 0 Å². The number of halogens is 1. The summed E-state index contributed by atoms with van der Waals surface area (Å²) in [5, 5.41) is 4.88. The number of ether oxygens (including phenoxy) is 1. The van der Waals surface area contributed by atoms with Crippen LogP contribution in [-0.2, 0) is 4.74 Å². The van der Waals surface area contributed by atoms with Gasteiger partial charge in [0.25, 0.3) is 5.91 Å². The third kappa shape index (κ3) is 2.41. The Labute approximate surface area is 101 Å². The van der Waals surface area contributed by atoms with Gasteiger partial charge in [0, 0.05) is 11.1 Å². The second-order valence-electron chi connectivity index (χ2n) is 3.54. The lowest BCUT2D eigenvalue weighted by molar-refractivity contribution is 0.0869. The molecule has 0 spiro atoms. The van der Waals surface area contributed by atoms with Gasteiger partial charge in [-0.05, 0) is 40.7 Å². The maximum absolute atomic E-state index is 11.8. The van der Waals surface area contributed by atoms with Gasteiger partial charge >= 0.3 is 0 Å². The van der Waals surface area contributed by atoms with Crippen LogP contribution in [0.5, 0.6) is 0 Å². The largest absolute Gasteiger partial charge is 0.376 e. The molecule has 82 valence electrons. The highest BCUT2D eigenvalue weighted by Gasteiger charge is 2.26. The highest BCUT2D eigenvalue weighted by molar-refractivity contribution is 9.10. The Morgan fingerprint density at radius 1 is 1.73 bits per heavy atom. The van der Waals surface area contributed by atoms with Crippen molar-refractivity contribution in [3.63, 3.8) is 0 Å². The van der Waals surface area contributed by atoms with E-state index in [1.54, 1.807) is 0 Å². The molecule has 1 fully saturated rings. The van der Waals surface area contributed by atoms with Crippen molar-refractivity contribution in [3.8, 4) is 0 Å². The van der Waals surface area contributed by atoms with Crippen molar-refractivity contribution in [2.24, 2.45) is 0 Å². The van der Waals surface area contributed by atoms with Gasteiger partial charge in [-0.25, -0.2) is 0 Å². The first-order chi connectivity index (χ1) is 7.18. The summed E-state index contributed by atoms with van der Waals surface area (Å²) in [7, 11) is 0. The molecular formula is C10H12BrNO2S. The molecule has 1 aromatic heterocycles. The fraction of sp³-hybridized carbons (Fsp3) is 0.500. The van der Waals surface area contributed by atoms with Crippen LogP contribution in [-0.4, -0.2) is 24.7 Å². The van der Waals surface area contributed by atoms with E-state index in [9.17, 15) is 4.79 Å². The molecular weight excluding hydrogens is 278 g/mol. The molecule has 0 saturated carbocycles. The Morgan fingerprint density at radius 2 is 2.53 bits per heavy atom. The van der Waals surface area contributed by atoms with Crippen LogP contribution in [0.4, 0.5) is 0 Å². The fourth-order valence-corrected chi connectivity index (χ4v) is 3.07. The highest BCUT2D eigenvalue weighted by Crippen LogP contribution is 2.23. The summed E-state index contributed by atoms with van der Waals surface area (Å²) < 4.78 is 6.25. The minimum absolute atomic E-state index is 0.0146. The summed E-state index contributed by atoms with van der Waals surface area (Å²) in [6, 6.07) is 2.03. The van der Waals surface area contributed by atoms with Crippen LogP contribution < -0.4 is 5.32 Å². The van der Waals surface area contributed by atoms with Crippen LogP contribution in [0.1, 0.15) is 23.0 Å². The van der Waals surface area contributed by atoms with Crippen LogP contribution in [0.2, 0.25) is 0 Å². The average molecular weight is 290 g/mol. The number of amides is 1. The molecule has 1 aliphatic rings. The monoisotopic (exact) mass is 289 g/mol. The van der Waals surface area contributed by atoms with Gasteiger partial charge in [-0.1, -0.05) is 0 Å². The first-order valence-electron chi connectivity index (χ1n) is 4.84. The second kappa shape index (κ2) is 4.63. The van der Waals surface area contributed by atoms with Crippen LogP contribution in [0.25, 0.3) is 0 Å². The van der Waals surface area contributed by atoms with E-state index in [-0.39, 0.29) is 18.1 Å². The zero-order valence-corrected chi connectivity index (χ0v) is 10.7. The Balaban J connectivity index is 2.01. The minimum atomic E-state index is -0.0146. The molecule has 2 heterocycles. The van der Waals surface area contributed by atoms with Gasteiger partial charge < -0.3 is 10.1 Å². The SMILES string of the molecule is CC1OCCC1NC(=O)c1sccc1Br. The summed E-state index contributed by atoms with van der Waals surface area (Å²) in [4.78, 5) is 12.6. The van der Waals surface area contributed by atoms with Crippen LogP contribution in [0.15, 0.2) is 15.9 Å². The van der Waals surface area contributed by atoms with Crippen molar-refractivity contribution in [1.82, 2.24) is 5.32 Å². The molecule has 15 heavy (non-hydrogen) atoms. The smallest absolute Gasteiger partial charge is 0.262 e. The van der Waals surface area contributed by atoms with Crippen molar-refractivity contribution < 1.29 is 9.53 Å². The standard InChI is InChI=1S/C10H12BrNO2S/c1-6-8(2-4-14-6)12-10(13)9-7(11)3-5-15-9/h3,5-6,8H,2,4H2,1H3,(H,12,13). The molecule has 2 unspecified atom stereocenters. The van der Waals surface area contributed by atoms with E-state index >= 15 is 0 Å². The first kappa shape index (κ1) is 11.1. The van der Waals surface area contributed by atoms with Gasteiger partial charge in [0.15, 0.2) is 0 Å². The fourth-order valence-electron chi connectivity index (χ4n) is 1.61. The number of thiophene rings is 1. The number of hydrogen-bond acceptors (Lipinski definition) is 3. The van der Waals surface area contributed by atoms with E-state index in [0.29, 0.717) is 0 Å². The molecule has 1 aromatic rings. The average Bonchev–Trinajstić information content (AvgIpc) is 2.76. The van der Waals surface area contributed by atoms with E-state index in [1.807, 2.05) is 18.4 Å². The Morgan fingerprint density at radius 3 is 3.07 bits per heavy atom. The van der Waals surface area contributed by atoms with E-state index in [4.69, 9.17) is 4.74 Å². The molecule has 5 heteroatoms. The predicted molar refractivity (Wildman–Crippen MR) is 63.3 cm³/mol. The van der Waals surface area contributed by atoms with Gasteiger partial charge in [-0.2, -0.15) is 0 Å². The number of rotatable bonds is 2. The molecule has 1 aliphatic heterocycles. The molecule has 0 aliphatic carbocycles. The third-order valence-electron chi connectivity index (χ3n) is 2.52. The van der Waals surface area contributed by atoms with Gasteiger partial charge in [0.05, 0.1) is 12.1 Å². The Kier molecular flexibility index (Phi) is 3.43. The topological polar surface area (TPSA) is 38.3 Å². The number of carbonyl (C=O) groups excluding carboxylic acids is 1. The van der Waals surface area contributed by atoms with Crippen LogP contribution >= 0.6 is 27.3 Å². The van der Waals surface area contributed by atoms with E-state index in [2.05, 4.69) is 21.2 Å². The molecule has 0 radical (unpaired) electrons. The summed E-state index contributed by atoms with van der Waals surface area (Å²) in [5.41, 5.74) is 0. The zero-order valence-electron chi connectivity index (χ0n) is 8.33. The molecule has 0 bridgehead atoms. The van der Waals surface area contributed by atoms with Crippen molar-refractivity contribution in [3.05, 3.63) is 20.8 Å². The summed E-state index contributed by atoms with van der Waals surface area (Å²) >= 11 is 4.79. The van der Waals surface area contributed by atoms with Gasteiger partial charge in [0.2, 0.25) is 0 Å². The molecule has 1 saturated heterocycles. The maximum Gasteiger partial charge on any atom is 0.262 e. The summed E-state index contributed by atoms with van der Waals surface area (Å²) in [6.45, 7) is 2.72. The van der Waals surface area contributed by atoms with E-state index in [0.717, 1.165) is 22.4 Å². The lowest BCUT2D eigenvalue weighted by atomic mass is 10.1. The molecule has 1 N–H and O–H groups in total. The molecule has 2 atom stereocenters. The lowest BCUT2D eigenvalue weighted by Crippen LogP contribution is -2.38. The van der Waals surface area contributed by atoms with Crippen molar-refractivity contribution in [2.75, 3.05) is 6.61 Å². The Hall–Kier alpha value is -0.390. The van der Waals surface area contributed by atoms with Crippen molar-refractivity contribution >= 4 is 33.2 Å². The number of carbonyl (C=O) groups is 1. The summed E-state index contributed by atoms with van der Waals surface area (Å²) in [6.07, 6.45) is 1.02. The highest BCUT2D eigenvalue weighted by atomic mass is 79.9. The Bertz CT molecular complexity index is 366. The molecule has 0 aromatic carbocycles. The zero-order chi connectivity index (χ0) is 10.8. The quantitative estimate of drug-likeness (QED) is 0.908. The lowest BCUT2D eigenvalue weighted by Gasteiger charge is -2.15. The normalized spacial score (nSPS) is 25.5. The van der Waals surface area contributed by atoms with E-state index in [1.165, 1.54) is 11.3 Å². The van der Waals surface area contributed by atoms with Crippen molar-refractivity contribution in [1.29, 1.82) is 0 Å². The predicted octanol–water partition coefficient (Wildman–Crippen LogP) is 2.42. The van der Waals surface area contributed by atoms with Gasteiger partial charge in [-0.3, -0.25) is 4.79 Å². The maximum atomic E-state index is 11.8. The molecule has 1 amide bonds.